The Morgan fingerprint density at radius 1 is 1.34 bits per heavy atom. The number of nitrogens with one attached hydrogen (secondary N) is 2. The SMILES string of the molecule is N#Cc1ccc(C2CC2)c(C2=NNC(C(=O)N[C@@H]3C[C@@H](Cn4cccn4)N(C#N)C3)O2)c1. The van der Waals surface area contributed by atoms with Crippen molar-refractivity contribution in [3.05, 3.63) is 53.3 Å². The molecule has 2 fully saturated rings. The number of nitriles is 2. The van der Waals surface area contributed by atoms with Crippen LogP contribution in [0.1, 0.15) is 41.9 Å². The van der Waals surface area contributed by atoms with Crippen molar-refractivity contribution in [3.8, 4) is 12.3 Å². The van der Waals surface area contributed by atoms with Crippen molar-refractivity contribution in [1.82, 2.24) is 25.4 Å². The van der Waals surface area contributed by atoms with Crippen molar-refractivity contribution in [2.45, 2.75) is 50.0 Å². The molecule has 1 amide bonds. The van der Waals surface area contributed by atoms with Crippen molar-refractivity contribution in [1.29, 1.82) is 10.5 Å². The van der Waals surface area contributed by atoms with Gasteiger partial charge in [0, 0.05) is 30.5 Å². The van der Waals surface area contributed by atoms with E-state index in [1.54, 1.807) is 27.9 Å². The van der Waals surface area contributed by atoms with E-state index in [0.717, 1.165) is 24.0 Å². The summed E-state index contributed by atoms with van der Waals surface area (Å²) in [5, 5.41) is 30.1. The van der Waals surface area contributed by atoms with Gasteiger partial charge >= 0.3 is 0 Å². The number of benzene rings is 1. The van der Waals surface area contributed by atoms with Gasteiger partial charge in [-0.25, -0.2) is 0 Å². The number of amides is 1. The Labute approximate surface area is 185 Å². The third kappa shape index (κ3) is 3.95. The van der Waals surface area contributed by atoms with Gasteiger partial charge in [-0.15, -0.1) is 5.10 Å². The van der Waals surface area contributed by atoms with Gasteiger partial charge < -0.3 is 15.0 Å². The molecule has 162 valence electrons. The molecular formula is C22H22N8O2. The van der Waals surface area contributed by atoms with Crippen molar-refractivity contribution >= 4 is 11.8 Å². The summed E-state index contributed by atoms with van der Waals surface area (Å²) >= 11 is 0. The van der Waals surface area contributed by atoms with Gasteiger partial charge in [0.15, 0.2) is 6.19 Å². The monoisotopic (exact) mass is 430 g/mol. The van der Waals surface area contributed by atoms with E-state index in [0.29, 0.717) is 36.9 Å². The molecule has 32 heavy (non-hydrogen) atoms. The molecule has 2 aliphatic heterocycles. The standard InChI is InChI=1S/C22H22N8O2/c23-10-14-2-5-18(15-3-4-15)19(8-14)21-27-28-22(32-21)20(31)26-16-9-17(29(11-16)13-24)12-30-7-1-6-25-30/h1-2,5-8,15-17,22,28H,3-4,9,11-12H2,(H,26,31)/t16-,17+,22?/m1/s1. The molecular weight excluding hydrogens is 408 g/mol. The molecule has 1 aromatic carbocycles. The second kappa shape index (κ2) is 8.23. The maximum absolute atomic E-state index is 12.8. The Morgan fingerprint density at radius 2 is 2.22 bits per heavy atom. The average molecular weight is 430 g/mol. The summed E-state index contributed by atoms with van der Waals surface area (Å²) in [5.41, 5.74) is 5.12. The molecule has 1 saturated heterocycles. The molecule has 1 saturated carbocycles. The number of likely N-dealkylation sites (tertiary alicyclic amines) is 1. The van der Waals surface area contributed by atoms with Crippen LogP contribution >= 0.6 is 0 Å². The highest BCUT2D eigenvalue weighted by Crippen LogP contribution is 2.42. The molecule has 2 N–H and O–H groups in total. The summed E-state index contributed by atoms with van der Waals surface area (Å²) in [6, 6.07) is 9.26. The summed E-state index contributed by atoms with van der Waals surface area (Å²) in [5.74, 6) is 0.431. The topological polar surface area (TPSA) is 131 Å². The van der Waals surface area contributed by atoms with Gasteiger partial charge in [0.05, 0.1) is 24.2 Å². The number of nitrogens with zero attached hydrogens (tertiary/aromatic N) is 6. The lowest BCUT2D eigenvalue weighted by atomic mass is 10.0. The molecule has 3 atom stereocenters. The van der Waals surface area contributed by atoms with E-state index in [9.17, 15) is 15.3 Å². The molecule has 10 heteroatoms. The van der Waals surface area contributed by atoms with E-state index in [-0.39, 0.29) is 18.0 Å². The zero-order valence-electron chi connectivity index (χ0n) is 17.3. The number of hydrogen-bond acceptors (Lipinski definition) is 8. The number of aromatic nitrogens is 2. The Bertz CT molecular complexity index is 1130. The second-order valence-electron chi connectivity index (χ2n) is 8.31. The van der Waals surface area contributed by atoms with Crippen LogP contribution in [0.15, 0.2) is 41.8 Å². The molecule has 2 aromatic rings. The van der Waals surface area contributed by atoms with Gasteiger partial charge in [-0.3, -0.25) is 14.9 Å². The average Bonchev–Trinajstić information content (AvgIpc) is 3.18. The molecule has 1 aromatic heterocycles. The Balaban J connectivity index is 1.21. The fourth-order valence-corrected chi connectivity index (χ4v) is 4.30. The number of hydrogen-bond donors (Lipinski definition) is 2. The number of rotatable bonds is 6. The molecule has 10 nitrogen and oxygen atoms in total. The van der Waals surface area contributed by atoms with Crippen LogP contribution in [0.5, 0.6) is 0 Å². The highest BCUT2D eigenvalue weighted by molar-refractivity contribution is 5.99. The Hall–Kier alpha value is -4.05. The van der Waals surface area contributed by atoms with E-state index in [1.165, 1.54) is 0 Å². The Morgan fingerprint density at radius 3 is 2.94 bits per heavy atom. The highest BCUT2D eigenvalue weighted by atomic mass is 16.5. The number of carbonyl (C=O) groups excluding carboxylic acids is 1. The summed E-state index contributed by atoms with van der Waals surface area (Å²) in [7, 11) is 0. The van der Waals surface area contributed by atoms with Gasteiger partial charge in [-0.2, -0.15) is 15.6 Å². The molecule has 0 radical (unpaired) electrons. The normalized spacial score (nSPS) is 24.1. The lowest BCUT2D eigenvalue weighted by molar-refractivity contribution is -0.129. The van der Waals surface area contributed by atoms with Crippen LogP contribution in [0.3, 0.4) is 0 Å². The second-order valence-corrected chi connectivity index (χ2v) is 8.31. The quantitative estimate of drug-likeness (QED) is 0.653. The largest absolute Gasteiger partial charge is 0.441 e. The van der Waals surface area contributed by atoms with Crippen LogP contribution < -0.4 is 10.7 Å². The van der Waals surface area contributed by atoms with Crippen LogP contribution in [0.25, 0.3) is 0 Å². The Kier molecular flexibility index (Phi) is 5.12. The van der Waals surface area contributed by atoms with Gasteiger partial charge in [0.2, 0.25) is 5.90 Å². The maximum Gasteiger partial charge on any atom is 0.284 e. The van der Waals surface area contributed by atoms with Gasteiger partial charge in [-0.1, -0.05) is 6.07 Å². The summed E-state index contributed by atoms with van der Waals surface area (Å²) in [4.78, 5) is 14.5. The minimum absolute atomic E-state index is 0.0377. The predicted octanol–water partition coefficient (Wildman–Crippen LogP) is 0.980. The van der Waals surface area contributed by atoms with Gasteiger partial charge in [-0.05, 0) is 48.9 Å². The van der Waals surface area contributed by atoms with Crippen molar-refractivity contribution in [3.63, 3.8) is 0 Å². The molecule has 1 aliphatic carbocycles. The van der Waals surface area contributed by atoms with E-state index < -0.39 is 6.23 Å². The molecule has 5 rings (SSSR count). The van der Waals surface area contributed by atoms with Crippen LogP contribution in [0, 0.1) is 22.8 Å². The number of ether oxygens (including phenoxy) is 1. The fourth-order valence-electron chi connectivity index (χ4n) is 4.30. The van der Waals surface area contributed by atoms with E-state index in [1.807, 2.05) is 18.3 Å². The van der Waals surface area contributed by atoms with Gasteiger partial charge in [0.1, 0.15) is 0 Å². The zero-order chi connectivity index (χ0) is 22.1. The van der Waals surface area contributed by atoms with Crippen molar-refractivity contribution in [2.24, 2.45) is 5.10 Å². The first-order chi connectivity index (χ1) is 15.6. The van der Waals surface area contributed by atoms with E-state index in [2.05, 4.69) is 33.2 Å². The van der Waals surface area contributed by atoms with Crippen LogP contribution in [0.2, 0.25) is 0 Å². The van der Waals surface area contributed by atoms with Crippen molar-refractivity contribution < 1.29 is 9.53 Å². The first-order valence-electron chi connectivity index (χ1n) is 10.6. The molecule has 1 unspecified atom stereocenters. The van der Waals surface area contributed by atoms with Crippen LogP contribution in [0.4, 0.5) is 0 Å². The minimum atomic E-state index is -0.955. The molecule has 0 spiro atoms. The molecule has 3 heterocycles. The van der Waals surface area contributed by atoms with Crippen LogP contribution in [-0.2, 0) is 16.1 Å². The third-order valence-corrected chi connectivity index (χ3v) is 6.03. The predicted molar refractivity (Wildman–Crippen MR) is 113 cm³/mol. The smallest absolute Gasteiger partial charge is 0.284 e. The molecule has 0 bridgehead atoms. The minimum Gasteiger partial charge on any atom is -0.441 e. The fraction of sp³-hybridized carbons (Fsp3) is 0.409. The lowest BCUT2D eigenvalue weighted by Gasteiger charge is -2.17. The number of carbonyl (C=O) groups is 1. The van der Waals surface area contributed by atoms with E-state index in [4.69, 9.17) is 4.74 Å². The first-order valence-corrected chi connectivity index (χ1v) is 10.6. The van der Waals surface area contributed by atoms with E-state index >= 15 is 0 Å². The third-order valence-electron chi connectivity index (χ3n) is 6.03. The lowest BCUT2D eigenvalue weighted by Crippen LogP contribution is -2.46. The first kappa shape index (κ1) is 19.9. The zero-order valence-corrected chi connectivity index (χ0v) is 17.3. The maximum atomic E-state index is 12.8. The number of hydrazone groups is 1. The summed E-state index contributed by atoms with van der Waals surface area (Å²) in [6.45, 7) is 1.02. The van der Waals surface area contributed by atoms with Crippen LogP contribution in [-0.4, -0.2) is 51.3 Å². The van der Waals surface area contributed by atoms with Crippen molar-refractivity contribution in [2.75, 3.05) is 6.54 Å². The summed E-state index contributed by atoms with van der Waals surface area (Å²) in [6.07, 6.45) is 7.64. The molecule has 3 aliphatic rings. The van der Waals surface area contributed by atoms with Gasteiger partial charge in [0.25, 0.3) is 12.1 Å². The highest BCUT2D eigenvalue weighted by Gasteiger charge is 2.37. The summed E-state index contributed by atoms with van der Waals surface area (Å²) < 4.78 is 7.61.